The number of hydrogen-bond donors (Lipinski definition) is 0. The molecule has 1 rings (SSSR count). The molecular formula is C14H31NO4Si. The van der Waals surface area contributed by atoms with Crippen LogP contribution >= 0.6 is 0 Å². The van der Waals surface area contributed by atoms with Crippen molar-refractivity contribution in [3.05, 3.63) is 0 Å². The standard InChI is InChI=1S/C14H31NO4Si/c1-5-6-8-14-13-15(10-11-16-2)9-7-12-20(17-3,18-4)19-14/h14H,5-13H2,1-4H3. The molecule has 120 valence electrons. The van der Waals surface area contributed by atoms with Gasteiger partial charge in [-0.3, -0.25) is 4.90 Å². The maximum absolute atomic E-state index is 6.30. The number of ether oxygens (including phenoxy) is 1. The second-order valence-electron chi connectivity index (χ2n) is 5.37. The van der Waals surface area contributed by atoms with Gasteiger partial charge in [0.25, 0.3) is 0 Å². The van der Waals surface area contributed by atoms with Gasteiger partial charge in [-0.05, 0) is 19.4 Å². The largest absolute Gasteiger partial charge is 0.500 e. The molecule has 0 bridgehead atoms. The van der Waals surface area contributed by atoms with Crippen molar-refractivity contribution < 1.29 is 18.0 Å². The van der Waals surface area contributed by atoms with Crippen LogP contribution in [0.2, 0.25) is 6.04 Å². The van der Waals surface area contributed by atoms with Gasteiger partial charge in [0.2, 0.25) is 0 Å². The fourth-order valence-corrected chi connectivity index (χ4v) is 4.81. The average Bonchev–Trinajstić information content (AvgIpc) is 2.45. The van der Waals surface area contributed by atoms with Crippen LogP contribution in [0.4, 0.5) is 0 Å². The first kappa shape index (κ1) is 18.1. The molecule has 0 aromatic carbocycles. The predicted molar refractivity (Wildman–Crippen MR) is 81.9 cm³/mol. The van der Waals surface area contributed by atoms with Crippen LogP contribution in [0.5, 0.6) is 0 Å². The van der Waals surface area contributed by atoms with Crippen molar-refractivity contribution in [1.82, 2.24) is 4.90 Å². The smallest absolute Gasteiger partial charge is 0.383 e. The van der Waals surface area contributed by atoms with Gasteiger partial charge in [0.05, 0.1) is 12.7 Å². The topological polar surface area (TPSA) is 40.2 Å². The van der Waals surface area contributed by atoms with Crippen molar-refractivity contribution in [2.24, 2.45) is 0 Å². The molecule has 0 aromatic heterocycles. The molecule has 1 saturated heterocycles. The van der Waals surface area contributed by atoms with Crippen molar-refractivity contribution in [2.75, 3.05) is 47.6 Å². The van der Waals surface area contributed by atoms with E-state index in [4.69, 9.17) is 18.0 Å². The van der Waals surface area contributed by atoms with E-state index in [1.807, 2.05) is 0 Å². The van der Waals surface area contributed by atoms with Crippen molar-refractivity contribution in [1.29, 1.82) is 0 Å². The Bertz CT molecular complexity index is 251. The van der Waals surface area contributed by atoms with Gasteiger partial charge < -0.3 is 18.0 Å². The molecule has 5 nitrogen and oxygen atoms in total. The van der Waals surface area contributed by atoms with Gasteiger partial charge >= 0.3 is 8.80 Å². The number of rotatable bonds is 8. The molecule has 20 heavy (non-hydrogen) atoms. The van der Waals surface area contributed by atoms with Crippen molar-refractivity contribution >= 4 is 8.80 Å². The lowest BCUT2D eigenvalue weighted by Gasteiger charge is -2.37. The molecule has 0 aliphatic carbocycles. The third-order valence-electron chi connectivity index (χ3n) is 3.88. The summed E-state index contributed by atoms with van der Waals surface area (Å²) in [5.74, 6) is 0. The van der Waals surface area contributed by atoms with E-state index in [0.29, 0.717) is 0 Å². The minimum absolute atomic E-state index is 0.207. The van der Waals surface area contributed by atoms with Crippen LogP contribution in [-0.2, 0) is 18.0 Å². The Kier molecular flexibility index (Phi) is 8.91. The Morgan fingerprint density at radius 3 is 2.60 bits per heavy atom. The van der Waals surface area contributed by atoms with E-state index in [1.165, 1.54) is 12.8 Å². The summed E-state index contributed by atoms with van der Waals surface area (Å²) in [6, 6.07) is 0.895. The van der Waals surface area contributed by atoms with Gasteiger partial charge in [-0.1, -0.05) is 19.8 Å². The summed E-state index contributed by atoms with van der Waals surface area (Å²) in [5.41, 5.74) is 0. The lowest BCUT2D eigenvalue weighted by atomic mass is 10.1. The van der Waals surface area contributed by atoms with Gasteiger partial charge in [-0.15, -0.1) is 0 Å². The number of hydrogen-bond acceptors (Lipinski definition) is 5. The molecule has 1 fully saturated rings. The molecule has 1 unspecified atom stereocenters. The Morgan fingerprint density at radius 2 is 2.00 bits per heavy atom. The van der Waals surface area contributed by atoms with E-state index in [-0.39, 0.29) is 6.10 Å². The third-order valence-corrected chi connectivity index (χ3v) is 6.78. The second-order valence-corrected chi connectivity index (χ2v) is 8.29. The summed E-state index contributed by atoms with van der Waals surface area (Å²) in [7, 11) is 2.75. The minimum atomic E-state index is -2.45. The van der Waals surface area contributed by atoms with Gasteiger partial charge in [0.15, 0.2) is 0 Å². The van der Waals surface area contributed by atoms with Crippen LogP contribution in [0.1, 0.15) is 32.6 Å². The third kappa shape index (κ3) is 5.79. The Labute approximate surface area is 124 Å². The molecule has 1 heterocycles. The highest BCUT2D eigenvalue weighted by Gasteiger charge is 2.42. The predicted octanol–water partition coefficient (Wildman–Crippen LogP) is 2.15. The van der Waals surface area contributed by atoms with Gasteiger partial charge in [0, 0.05) is 40.5 Å². The lowest BCUT2D eigenvalue weighted by Crippen LogP contribution is -2.52. The zero-order valence-electron chi connectivity index (χ0n) is 13.5. The molecule has 1 aliphatic heterocycles. The lowest BCUT2D eigenvalue weighted by molar-refractivity contribution is 0.0165. The molecule has 1 atom stereocenters. The molecule has 0 saturated carbocycles. The minimum Gasteiger partial charge on any atom is -0.383 e. The van der Waals surface area contributed by atoms with Crippen LogP contribution in [0, 0.1) is 0 Å². The fourth-order valence-electron chi connectivity index (χ4n) is 2.64. The van der Waals surface area contributed by atoms with Crippen LogP contribution in [0.15, 0.2) is 0 Å². The molecule has 1 aliphatic rings. The molecule has 0 N–H and O–H groups in total. The summed E-state index contributed by atoms with van der Waals surface area (Å²) in [4.78, 5) is 2.44. The zero-order valence-corrected chi connectivity index (χ0v) is 14.5. The van der Waals surface area contributed by atoms with Crippen LogP contribution in [0.3, 0.4) is 0 Å². The van der Waals surface area contributed by atoms with E-state index in [0.717, 1.165) is 45.1 Å². The number of nitrogens with zero attached hydrogens (tertiary/aromatic N) is 1. The van der Waals surface area contributed by atoms with Gasteiger partial charge in [-0.25, -0.2) is 0 Å². The Morgan fingerprint density at radius 1 is 1.25 bits per heavy atom. The van der Waals surface area contributed by atoms with E-state index < -0.39 is 8.80 Å². The molecule has 0 amide bonds. The summed E-state index contributed by atoms with van der Waals surface area (Å²) in [5, 5.41) is 0. The molecule has 0 aromatic rings. The quantitative estimate of drug-likeness (QED) is 0.643. The molecule has 6 heteroatoms. The van der Waals surface area contributed by atoms with E-state index in [9.17, 15) is 0 Å². The van der Waals surface area contributed by atoms with Crippen molar-refractivity contribution in [3.63, 3.8) is 0 Å². The molecule has 0 spiro atoms. The van der Waals surface area contributed by atoms with Gasteiger partial charge in [0.1, 0.15) is 0 Å². The van der Waals surface area contributed by atoms with Crippen LogP contribution in [0.25, 0.3) is 0 Å². The van der Waals surface area contributed by atoms with E-state index in [2.05, 4.69) is 11.8 Å². The fraction of sp³-hybridized carbons (Fsp3) is 1.00. The van der Waals surface area contributed by atoms with E-state index >= 15 is 0 Å². The van der Waals surface area contributed by atoms with Crippen LogP contribution in [-0.4, -0.2) is 67.4 Å². The summed E-state index contributed by atoms with van der Waals surface area (Å²) in [6.07, 6.45) is 4.70. The first-order chi connectivity index (χ1) is 9.69. The number of methoxy groups -OCH3 is 1. The highest BCUT2D eigenvalue weighted by atomic mass is 28.4. The summed E-state index contributed by atoms with van der Waals surface area (Å²) in [6.45, 7) is 5.97. The van der Waals surface area contributed by atoms with Crippen molar-refractivity contribution in [2.45, 2.75) is 44.8 Å². The van der Waals surface area contributed by atoms with Crippen LogP contribution < -0.4 is 0 Å². The SMILES string of the molecule is CCCCC1CN(CCOC)CCC[Si](OC)(OC)O1. The second kappa shape index (κ2) is 9.86. The number of unbranched alkanes of at least 4 members (excludes halogenated alkanes) is 1. The van der Waals surface area contributed by atoms with E-state index in [1.54, 1.807) is 21.3 Å². The highest BCUT2D eigenvalue weighted by molar-refractivity contribution is 6.60. The van der Waals surface area contributed by atoms with Crippen molar-refractivity contribution in [3.8, 4) is 0 Å². The molecular weight excluding hydrogens is 274 g/mol. The normalized spacial score (nSPS) is 24.3. The Hall–Kier alpha value is 0.0169. The molecule has 0 radical (unpaired) electrons. The Balaban J connectivity index is 2.64. The first-order valence-electron chi connectivity index (χ1n) is 7.69. The monoisotopic (exact) mass is 305 g/mol. The highest BCUT2D eigenvalue weighted by Crippen LogP contribution is 2.23. The average molecular weight is 305 g/mol. The summed E-state index contributed by atoms with van der Waals surface area (Å²) < 4.78 is 22.8. The summed E-state index contributed by atoms with van der Waals surface area (Å²) >= 11 is 0. The first-order valence-corrected chi connectivity index (χ1v) is 9.62. The zero-order chi connectivity index (χ0) is 14.8. The maximum Gasteiger partial charge on any atom is 0.500 e. The maximum atomic E-state index is 6.30. The van der Waals surface area contributed by atoms with Gasteiger partial charge in [-0.2, -0.15) is 0 Å².